The molecule has 4 aromatic rings. The Morgan fingerprint density at radius 2 is 2.00 bits per heavy atom. The lowest BCUT2D eigenvalue weighted by atomic mass is 10.2. The highest BCUT2D eigenvalue weighted by molar-refractivity contribution is 6.28. The number of hydrogen-bond acceptors (Lipinski definition) is 5. The zero-order chi connectivity index (χ0) is 14.2. The first kappa shape index (κ1) is 12.0. The van der Waals surface area contributed by atoms with Gasteiger partial charge in [-0.15, -0.1) is 0 Å². The van der Waals surface area contributed by atoms with Gasteiger partial charge in [0.2, 0.25) is 11.2 Å². The maximum atomic E-state index is 5.87. The van der Waals surface area contributed by atoms with Crippen molar-refractivity contribution >= 4 is 33.7 Å². The van der Waals surface area contributed by atoms with Crippen LogP contribution in [0.1, 0.15) is 0 Å². The summed E-state index contributed by atoms with van der Waals surface area (Å²) in [4.78, 5) is 19.4. The number of aromatic amines is 1. The smallest absolute Gasteiger partial charge is 0.250 e. The quantitative estimate of drug-likeness (QED) is 0.574. The van der Waals surface area contributed by atoms with Gasteiger partial charge in [-0.25, -0.2) is 4.98 Å². The minimum atomic E-state index is 0.0818. The van der Waals surface area contributed by atoms with Crippen LogP contribution in [0.15, 0.2) is 42.9 Å². The molecule has 0 aliphatic carbocycles. The van der Waals surface area contributed by atoms with Crippen LogP contribution in [0.2, 0.25) is 5.28 Å². The summed E-state index contributed by atoms with van der Waals surface area (Å²) in [5.74, 6) is 0.888. The second-order valence-corrected chi connectivity index (χ2v) is 4.70. The Hall–Kier alpha value is -2.73. The van der Waals surface area contributed by atoms with E-state index in [1.165, 1.54) is 6.33 Å². The Labute approximate surface area is 123 Å². The summed E-state index contributed by atoms with van der Waals surface area (Å²) in [6, 6.07) is 9.68. The van der Waals surface area contributed by atoms with Crippen molar-refractivity contribution in [2.75, 3.05) is 0 Å². The Kier molecular flexibility index (Phi) is 2.68. The van der Waals surface area contributed by atoms with Crippen LogP contribution >= 0.6 is 11.6 Å². The van der Waals surface area contributed by atoms with Gasteiger partial charge >= 0.3 is 0 Å². The van der Waals surface area contributed by atoms with Gasteiger partial charge < -0.3 is 9.72 Å². The Morgan fingerprint density at radius 3 is 2.95 bits per heavy atom. The minimum Gasteiger partial charge on any atom is -0.435 e. The number of para-hydroxylation sites is 1. The number of rotatable bonds is 2. The van der Waals surface area contributed by atoms with E-state index < -0.39 is 0 Å². The van der Waals surface area contributed by atoms with Crippen LogP contribution in [0.3, 0.4) is 0 Å². The van der Waals surface area contributed by atoms with E-state index in [-0.39, 0.29) is 5.28 Å². The van der Waals surface area contributed by atoms with Crippen molar-refractivity contribution in [1.82, 2.24) is 24.9 Å². The highest BCUT2D eigenvalue weighted by atomic mass is 35.5. The number of imidazole rings is 1. The number of pyridine rings is 1. The van der Waals surface area contributed by atoms with Crippen molar-refractivity contribution in [3.05, 3.63) is 48.1 Å². The van der Waals surface area contributed by atoms with Gasteiger partial charge in [0.25, 0.3) is 0 Å². The van der Waals surface area contributed by atoms with Crippen molar-refractivity contribution in [2.45, 2.75) is 0 Å². The molecule has 0 aliphatic heterocycles. The molecule has 6 nitrogen and oxygen atoms in total. The topological polar surface area (TPSA) is 76.6 Å². The second-order valence-electron chi connectivity index (χ2n) is 4.36. The lowest BCUT2D eigenvalue weighted by Gasteiger charge is -2.06. The van der Waals surface area contributed by atoms with Crippen LogP contribution in [-0.4, -0.2) is 24.9 Å². The normalized spacial score (nSPS) is 11.1. The molecule has 1 N–H and O–H groups in total. The summed E-state index contributed by atoms with van der Waals surface area (Å²) in [6.45, 7) is 0. The molecule has 7 heteroatoms. The van der Waals surface area contributed by atoms with Gasteiger partial charge in [-0.2, -0.15) is 9.97 Å². The van der Waals surface area contributed by atoms with Gasteiger partial charge in [0.15, 0.2) is 5.65 Å². The average molecular weight is 298 g/mol. The fourth-order valence-corrected chi connectivity index (χ4v) is 2.23. The summed E-state index contributed by atoms with van der Waals surface area (Å²) in [5, 5.41) is 1.06. The molecule has 0 amide bonds. The fourth-order valence-electron chi connectivity index (χ4n) is 2.07. The number of aromatic nitrogens is 5. The van der Waals surface area contributed by atoms with Gasteiger partial charge in [-0.05, 0) is 23.7 Å². The minimum absolute atomic E-state index is 0.0818. The zero-order valence-electron chi connectivity index (χ0n) is 10.6. The Bertz CT molecular complexity index is 952. The van der Waals surface area contributed by atoms with E-state index in [9.17, 15) is 0 Å². The number of ether oxygens (including phenoxy) is 1. The zero-order valence-corrected chi connectivity index (χ0v) is 11.4. The summed E-state index contributed by atoms with van der Waals surface area (Å²) in [6.07, 6.45) is 3.15. The van der Waals surface area contributed by atoms with Crippen LogP contribution in [0.4, 0.5) is 0 Å². The highest BCUT2D eigenvalue weighted by Gasteiger charge is 2.11. The van der Waals surface area contributed by atoms with Crippen molar-refractivity contribution in [3.8, 4) is 11.6 Å². The third-order valence-electron chi connectivity index (χ3n) is 3.01. The Balaban J connectivity index is 1.80. The lowest BCUT2D eigenvalue weighted by Crippen LogP contribution is -1.93. The standard InChI is InChI=1S/C14H8ClN5O/c15-14-19-12-11(17-7-18-12)13(20-14)21-9-5-8-3-1-2-4-10(8)16-6-9/h1-7H,(H,17,18,19,20). The third kappa shape index (κ3) is 2.15. The van der Waals surface area contributed by atoms with E-state index in [4.69, 9.17) is 16.3 Å². The monoisotopic (exact) mass is 297 g/mol. The van der Waals surface area contributed by atoms with Crippen LogP contribution in [0.5, 0.6) is 11.6 Å². The molecule has 0 fully saturated rings. The molecule has 4 rings (SSSR count). The van der Waals surface area contributed by atoms with E-state index in [0.29, 0.717) is 22.8 Å². The molecular weight excluding hydrogens is 290 g/mol. The summed E-state index contributed by atoms with van der Waals surface area (Å²) in [5.41, 5.74) is 1.95. The van der Waals surface area contributed by atoms with Gasteiger partial charge in [0.1, 0.15) is 11.3 Å². The van der Waals surface area contributed by atoms with Gasteiger partial charge in [-0.3, -0.25) is 4.98 Å². The molecular formula is C14H8ClN5O. The second kappa shape index (κ2) is 4.68. The molecule has 0 aliphatic rings. The van der Waals surface area contributed by atoms with Crippen molar-refractivity contribution in [3.63, 3.8) is 0 Å². The van der Waals surface area contributed by atoms with E-state index in [2.05, 4.69) is 24.9 Å². The molecule has 0 spiro atoms. The van der Waals surface area contributed by atoms with Gasteiger partial charge in [0.05, 0.1) is 18.0 Å². The van der Waals surface area contributed by atoms with Crippen LogP contribution in [-0.2, 0) is 0 Å². The van der Waals surface area contributed by atoms with E-state index in [0.717, 1.165) is 10.9 Å². The molecule has 0 unspecified atom stereocenters. The first-order chi connectivity index (χ1) is 10.3. The van der Waals surface area contributed by atoms with E-state index in [1.807, 2.05) is 30.3 Å². The molecule has 21 heavy (non-hydrogen) atoms. The predicted octanol–water partition coefficient (Wildman–Crippen LogP) is 3.35. The van der Waals surface area contributed by atoms with Crippen LogP contribution < -0.4 is 4.74 Å². The number of fused-ring (bicyclic) bond motifs is 2. The average Bonchev–Trinajstić information content (AvgIpc) is 2.95. The number of halogens is 1. The number of nitrogens with one attached hydrogen (secondary N) is 1. The summed E-state index contributed by atoms with van der Waals surface area (Å²) >= 11 is 5.87. The first-order valence-corrected chi connectivity index (χ1v) is 6.57. The molecule has 0 radical (unpaired) electrons. The molecule has 0 saturated carbocycles. The number of nitrogens with zero attached hydrogens (tertiary/aromatic N) is 4. The van der Waals surface area contributed by atoms with Crippen LogP contribution in [0, 0.1) is 0 Å². The first-order valence-electron chi connectivity index (χ1n) is 6.19. The molecule has 0 atom stereocenters. The maximum Gasteiger partial charge on any atom is 0.250 e. The van der Waals surface area contributed by atoms with Gasteiger partial charge in [-0.1, -0.05) is 18.2 Å². The molecule has 102 valence electrons. The number of hydrogen-bond donors (Lipinski definition) is 1. The number of benzene rings is 1. The Morgan fingerprint density at radius 1 is 1.10 bits per heavy atom. The van der Waals surface area contributed by atoms with Crippen LogP contribution in [0.25, 0.3) is 22.1 Å². The molecule has 3 aromatic heterocycles. The largest absolute Gasteiger partial charge is 0.435 e. The van der Waals surface area contributed by atoms with E-state index in [1.54, 1.807) is 6.20 Å². The third-order valence-corrected chi connectivity index (χ3v) is 3.17. The maximum absolute atomic E-state index is 5.87. The molecule has 0 saturated heterocycles. The molecule has 1 aromatic carbocycles. The lowest BCUT2D eigenvalue weighted by molar-refractivity contribution is 0.466. The van der Waals surface area contributed by atoms with E-state index >= 15 is 0 Å². The highest BCUT2D eigenvalue weighted by Crippen LogP contribution is 2.27. The van der Waals surface area contributed by atoms with Crippen molar-refractivity contribution in [2.24, 2.45) is 0 Å². The SMILES string of the molecule is Clc1nc(Oc2cnc3ccccc3c2)c2[nH]cnc2n1. The van der Waals surface area contributed by atoms with Crippen molar-refractivity contribution in [1.29, 1.82) is 0 Å². The fraction of sp³-hybridized carbons (Fsp3) is 0. The number of H-pyrrole nitrogens is 1. The molecule has 3 heterocycles. The molecule has 0 bridgehead atoms. The predicted molar refractivity (Wildman–Crippen MR) is 78.5 cm³/mol. The van der Waals surface area contributed by atoms with Crippen molar-refractivity contribution < 1.29 is 4.74 Å². The summed E-state index contributed by atoms with van der Waals surface area (Å²) in [7, 11) is 0. The van der Waals surface area contributed by atoms with Gasteiger partial charge in [0, 0.05) is 5.39 Å². The summed E-state index contributed by atoms with van der Waals surface area (Å²) < 4.78 is 5.77.